The van der Waals surface area contributed by atoms with Crippen molar-refractivity contribution in [2.75, 3.05) is 14.2 Å². The van der Waals surface area contributed by atoms with Crippen LogP contribution in [0.25, 0.3) is 12.2 Å². The number of aliphatic hydroxyl groups excluding tert-OH is 2. The van der Waals surface area contributed by atoms with Crippen LogP contribution in [0.4, 0.5) is 0 Å². The van der Waals surface area contributed by atoms with Crippen molar-refractivity contribution in [3.8, 4) is 23.0 Å². The first-order chi connectivity index (χ1) is 14.9. The maximum atomic E-state index is 11.5. The molecule has 0 unspecified atom stereocenters. The van der Waals surface area contributed by atoms with Crippen molar-refractivity contribution in [2.45, 2.75) is 13.2 Å². The molecule has 14 heteroatoms. The lowest BCUT2D eigenvalue weighted by Gasteiger charge is -2.18. The molecule has 0 atom stereocenters. The average molecular weight is 492 g/mol. The number of rotatable bonds is 10. The summed E-state index contributed by atoms with van der Waals surface area (Å²) >= 11 is 0. The monoisotopic (exact) mass is 492 g/mol. The molecule has 0 aliphatic rings. The predicted molar refractivity (Wildman–Crippen MR) is 112 cm³/mol. The highest BCUT2D eigenvalue weighted by Crippen LogP contribution is 2.53. The summed E-state index contributed by atoms with van der Waals surface area (Å²) in [4.78, 5) is 36.9. The van der Waals surface area contributed by atoms with Gasteiger partial charge in [-0.3, -0.25) is 19.6 Å². The Morgan fingerprint density at radius 3 is 1.91 bits per heavy atom. The molecular weight excluding hydrogens is 470 g/mol. The van der Waals surface area contributed by atoms with Gasteiger partial charge in [0.1, 0.15) is 5.75 Å². The molecule has 0 saturated heterocycles. The van der Waals surface area contributed by atoms with Gasteiger partial charge in [0.05, 0.1) is 27.4 Å². The van der Waals surface area contributed by atoms with Crippen molar-refractivity contribution in [1.29, 1.82) is 0 Å². The number of benzene rings is 2. The lowest BCUT2D eigenvalue weighted by Crippen LogP contribution is -2.01. The highest BCUT2D eigenvalue weighted by Gasteiger charge is 2.29. The molecule has 2 rings (SSSR count). The van der Waals surface area contributed by atoms with E-state index in [1.165, 1.54) is 31.4 Å². The largest absolute Gasteiger partial charge is 0.525 e. The molecule has 2 aromatic rings. The molecule has 0 saturated carbocycles. The van der Waals surface area contributed by atoms with E-state index in [1.807, 2.05) is 0 Å². The van der Waals surface area contributed by atoms with Crippen LogP contribution < -0.4 is 18.5 Å². The second-order valence-corrected chi connectivity index (χ2v) is 8.52. The minimum absolute atomic E-state index is 0.0201. The first kappa shape index (κ1) is 25.9. The SMILES string of the molecule is COc1cc(C=Cc2ccc(OC)c(OP(=O)(O)O)c2OP(=O)(O)O)cc(CO)c1CO. The summed E-state index contributed by atoms with van der Waals surface area (Å²) in [7, 11) is -7.79. The van der Waals surface area contributed by atoms with Gasteiger partial charge in [-0.25, -0.2) is 9.13 Å². The summed E-state index contributed by atoms with van der Waals surface area (Å²) < 4.78 is 42.2. The first-order valence-electron chi connectivity index (χ1n) is 8.73. The first-order valence-corrected chi connectivity index (χ1v) is 11.8. The van der Waals surface area contributed by atoms with Gasteiger partial charge in [-0.1, -0.05) is 12.2 Å². The van der Waals surface area contributed by atoms with Gasteiger partial charge in [0, 0.05) is 11.1 Å². The molecule has 32 heavy (non-hydrogen) atoms. The zero-order valence-electron chi connectivity index (χ0n) is 16.9. The fourth-order valence-corrected chi connectivity index (χ4v) is 3.62. The van der Waals surface area contributed by atoms with E-state index >= 15 is 0 Å². The third kappa shape index (κ3) is 6.80. The summed E-state index contributed by atoms with van der Waals surface area (Å²) in [6.07, 6.45) is 2.78. The lowest BCUT2D eigenvalue weighted by atomic mass is 10.0. The normalized spacial score (nSPS) is 12.1. The molecule has 0 radical (unpaired) electrons. The molecule has 0 bridgehead atoms. The second kappa shape index (κ2) is 10.5. The minimum atomic E-state index is -5.17. The van der Waals surface area contributed by atoms with Gasteiger partial charge < -0.3 is 28.7 Å². The van der Waals surface area contributed by atoms with Crippen LogP contribution in [0.5, 0.6) is 23.0 Å². The van der Waals surface area contributed by atoms with Gasteiger partial charge in [0.2, 0.25) is 5.75 Å². The molecule has 6 N–H and O–H groups in total. The van der Waals surface area contributed by atoms with Crippen molar-refractivity contribution < 1.29 is 57.4 Å². The number of hydrogen-bond donors (Lipinski definition) is 6. The molecule has 0 heterocycles. The zero-order valence-corrected chi connectivity index (χ0v) is 18.7. The predicted octanol–water partition coefficient (Wildman–Crippen LogP) is 1.80. The van der Waals surface area contributed by atoms with Gasteiger partial charge in [0.15, 0.2) is 11.5 Å². The van der Waals surface area contributed by atoms with Crippen LogP contribution in [0, 0.1) is 0 Å². The van der Waals surface area contributed by atoms with Crippen molar-refractivity contribution >= 4 is 27.8 Å². The topological polar surface area (TPSA) is 192 Å². The average Bonchev–Trinajstić information content (AvgIpc) is 2.71. The quantitative estimate of drug-likeness (QED) is 0.208. The van der Waals surface area contributed by atoms with Crippen LogP contribution in [0.2, 0.25) is 0 Å². The van der Waals surface area contributed by atoms with Crippen molar-refractivity contribution in [3.05, 3.63) is 46.5 Å². The maximum Gasteiger partial charge on any atom is 0.525 e. The Morgan fingerprint density at radius 1 is 0.812 bits per heavy atom. The highest BCUT2D eigenvalue weighted by molar-refractivity contribution is 7.47. The summed E-state index contributed by atoms with van der Waals surface area (Å²) in [6.45, 7) is -0.756. The van der Waals surface area contributed by atoms with Crippen molar-refractivity contribution in [1.82, 2.24) is 0 Å². The van der Waals surface area contributed by atoms with E-state index in [9.17, 15) is 38.9 Å². The molecule has 0 aliphatic heterocycles. The van der Waals surface area contributed by atoms with Gasteiger partial charge in [-0.05, 0) is 35.4 Å². The van der Waals surface area contributed by atoms with Crippen LogP contribution in [0.1, 0.15) is 22.3 Å². The summed E-state index contributed by atoms with van der Waals surface area (Å²) in [6, 6.07) is 5.66. The van der Waals surface area contributed by atoms with Crippen LogP contribution in [-0.4, -0.2) is 44.0 Å². The smallest absolute Gasteiger partial charge is 0.496 e. The number of hydrogen-bond acceptors (Lipinski definition) is 8. The van der Waals surface area contributed by atoms with E-state index in [1.54, 1.807) is 12.1 Å². The fourth-order valence-electron chi connectivity index (χ4n) is 2.78. The molecule has 176 valence electrons. The van der Waals surface area contributed by atoms with Crippen LogP contribution >= 0.6 is 15.6 Å². The van der Waals surface area contributed by atoms with Crippen molar-refractivity contribution in [2.24, 2.45) is 0 Å². The maximum absolute atomic E-state index is 11.5. The third-order valence-electron chi connectivity index (χ3n) is 4.07. The third-order valence-corrected chi connectivity index (χ3v) is 4.92. The van der Waals surface area contributed by atoms with Gasteiger partial charge >= 0.3 is 15.6 Å². The summed E-state index contributed by atoms with van der Waals surface area (Å²) in [5.41, 5.74) is 1.23. The second-order valence-electron chi connectivity index (χ2n) is 6.19. The molecule has 2 aromatic carbocycles. The van der Waals surface area contributed by atoms with Crippen molar-refractivity contribution in [3.63, 3.8) is 0 Å². The molecule has 0 fully saturated rings. The summed E-state index contributed by atoms with van der Waals surface area (Å²) in [5.74, 6) is -1.33. The van der Waals surface area contributed by atoms with Gasteiger partial charge in [0.25, 0.3) is 0 Å². The standard InChI is InChI=1S/C18H22O12P2/c1-27-15-6-5-12(17(29-31(21,22)23)18(15)30-32(24,25)26)4-3-11-7-13(9-19)14(10-20)16(8-11)28-2/h3-8,19-20H,9-10H2,1-2H3,(H2,21,22,23)(H2,24,25,26). The molecule has 12 nitrogen and oxygen atoms in total. The van der Waals surface area contributed by atoms with Gasteiger partial charge in [-0.15, -0.1) is 0 Å². The van der Waals surface area contributed by atoms with E-state index in [0.717, 1.165) is 7.11 Å². The Morgan fingerprint density at radius 2 is 1.41 bits per heavy atom. The van der Waals surface area contributed by atoms with E-state index < -0.39 is 27.1 Å². The molecule has 0 aliphatic carbocycles. The number of phosphoric ester groups is 2. The number of ether oxygens (including phenoxy) is 2. The Labute approximate surface area is 182 Å². The minimum Gasteiger partial charge on any atom is -0.496 e. The van der Waals surface area contributed by atoms with E-state index in [2.05, 4.69) is 9.05 Å². The highest BCUT2D eigenvalue weighted by atomic mass is 31.2. The van der Waals surface area contributed by atoms with E-state index in [0.29, 0.717) is 22.4 Å². The summed E-state index contributed by atoms with van der Waals surface area (Å²) in [5, 5.41) is 19.0. The molecule has 0 amide bonds. The Bertz CT molecular complexity index is 1060. The van der Waals surface area contributed by atoms with Crippen LogP contribution in [0.3, 0.4) is 0 Å². The Balaban J connectivity index is 2.65. The molecule has 0 aromatic heterocycles. The Hall–Kier alpha value is -2.40. The van der Waals surface area contributed by atoms with E-state index in [4.69, 9.17) is 9.47 Å². The number of aliphatic hydroxyl groups is 2. The molecule has 0 spiro atoms. The lowest BCUT2D eigenvalue weighted by molar-refractivity contribution is 0.254. The number of methoxy groups -OCH3 is 2. The zero-order chi connectivity index (χ0) is 24.1. The Kier molecular flexibility index (Phi) is 8.47. The van der Waals surface area contributed by atoms with Crippen LogP contribution in [-0.2, 0) is 22.3 Å². The van der Waals surface area contributed by atoms with Crippen LogP contribution in [0.15, 0.2) is 24.3 Å². The molecular formula is C18H22O12P2. The van der Waals surface area contributed by atoms with Gasteiger partial charge in [-0.2, -0.15) is 0 Å². The number of phosphoric acid groups is 2. The van der Waals surface area contributed by atoms with E-state index in [-0.39, 0.29) is 24.5 Å². The fraction of sp³-hybridized carbons (Fsp3) is 0.222.